The van der Waals surface area contributed by atoms with E-state index < -0.39 is 5.97 Å². The highest BCUT2D eigenvalue weighted by Crippen LogP contribution is 2.22. The molecule has 0 radical (unpaired) electrons. The van der Waals surface area contributed by atoms with Crippen molar-refractivity contribution in [2.75, 3.05) is 31.6 Å². The van der Waals surface area contributed by atoms with Crippen molar-refractivity contribution in [2.24, 2.45) is 13.0 Å². The summed E-state index contributed by atoms with van der Waals surface area (Å²) in [6, 6.07) is 7.67. The number of hydrogen-bond acceptors (Lipinski definition) is 6. The van der Waals surface area contributed by atoms with E-state index in [9.17, 15) is 14.4 Å². The summed E-state index contributed by atoms with van der Waals surface area (Å²) in [7, 11) is 1.65. The number of anilines is 1. The molecule has 1 aliphatic heterocycles. The molecule has 3 rings (SSSR count). The Morgan fingerprint density at radius 2 is 1.83 bits per heavy atom. The van der Waals surface area contributed by atoms with Gasteiger partial charge >= 0.3 is 5.97 Å². The van der Waals surface area contributed by atoms with Gasteiger partial charge in [-0.3, -0.25) is 19.2 Å². The van der Waals surface area contributed by atoms with E-state index in [4.69, 9.17) is 4.74 Å². The highest BCUT2D eigenvalue weighted by molar-refractivity contribution is 6.00. The minimum Gasteiger partial charge on any atom is -0.462 e. The average Bonchev–Trinajstić information content (AvgIpc) is 3.09. The fourth-order valence-electron chi connectivity index (χ4n) is 3.63. The lowest BCUT2D eigenvalue weighted by Gasteiger charge is -2.30. The Hall–Kier alpha value is -3.00. The van der Waals surface area contributed by atoms with Gasteiger partial charge in [0.15, 0.2) is 5.78 Å². The number of hydrogen-bond donors (Lipinski definition) is 1. The molecule has 0 spiro atoms. The third kappa shape index (κ3) is 5.13. The van der Waals surface area contributed by atoms with Crippen molar-refractivity contribution in [1.29, 1.82) is 0 Å². The number of benzene rings is 1. The molecule has 1 N–H and O–H groups in total. The summed E-state index contributed by atoms with van der Waals surface area (Å²) in [6.45, 7) is 5.51. The number of aryl methyl sites for hydroxylation is 2. The molecule has 0 atom stereocenters. The van der Waals surface area contributed by atoms with Crippen LogP contribution in [0, 0.1) is 12.8 Å². The zero-order valence-corrected chi connectivity index (χ0v) is 17.7. The molecule has 0 unspecified atom stereocenters. The largest absolute Gasteiger partial charge is 0.462 e. The maximum atomic E-state index is 12.7. The molecule has 2 aromatic rings. The Balaban J connectivity index is 1.52. The van der Waals surface area contributed by atoms with E-state index in [1.54, 1.807) is 14.0 Å². The van der Waals surface area contributed by atoms with Gasteiger partial charge in [-0.25, -0.2) is 4.79 Å². The topological polar surface area (TPSA) is 93.5 Å². The highest BCUT2D eigenvalue weighted by atomic mass is 16.5. The van der Waals surface area contributed by atoms with Gasteiger partial charge in [-0.1, -0.05) is 29.8 Å². The first-order valence-corrected chi connectivity index (χ1v) is 10.2. The predicted octanol–water partition coefficient (Wildman–Crippen LogP) is 2.44. The summed E-state index contributed by atoms with van der Waals surface area (Å²) in [4.78, 5) is 39.3. The van der Waals surface area contributed by atoms with Crippen LogP contribution in [-0.4, -0.2) is 58.6 Å². The predicted molar refractivity (Wildman–Crippen MR) is 112 cm³/mol. The molecule has 1 aromatic carbocycles. The summed E-state index contributed by atoms with van der Waals surface area (Å²) >= 11 is 0. The van der Waals surface area contributed by atoms with Crippen LogP contribution in [0.2, 0.25) is 0 Å². The number of carbonyl (C=O) groups excluding carboxylic acids is 3. The number of esters is 1. The zero-order valence-electron chi connectivity index (χ0n) is 17.7. The zero-order chi connectivity index (χ0) is 21.7. The summed E-state index contributed by atoms with van der Waals surface area (Å²) in [6.07, 6.45) is 2.83. The molecule has 1 aliphatic rings. The van der Waals surface area contributed by atoms with Gasteiger partial charge in [0.05, 0.1) is 19.3 Å². The first kappa shape index (κ1) is 21.7. The van der Waals surface area contributed by atoms with Gasteiger partial charge in [0.25, 0.3) is 0 Å². The van der Waals surface area contributed by atoms with Crippen LogP contribution < -0.4 is 5.32 Å². The number of ketones is 1. The second-order valence-corrected chi connectivity index (χ2v) is 7.58. The second kappa shape index (κ2) is 9.67. The summed E-state index contributed by atoms with van der Waals surface area (Å²) in [5, 5.41) is 6.80. The fraction of sp³-hybridized carbons (Fsp3) is 0.455. The van der Waals surface area contributed by atoms with Crippen molar-refractivity contribution in [2.45, 2.75) is 26.7 Å². The number of piperidine rings is 1. The number of aromatic nitrogens is 2. The first-order chi connectivity index (χ1) is 14.4. The molecule has 1 fully saturated rings. The monoisotopic (exact) mass is 412 g/mol. The molecule has 0 aliphatic carbocycles. The van der Waals surface area contributed by atoms with Gasteiger partial charge < -0.3 is 10.1 Å². The Morgan fingerprint density at radius 3 is 2.47 bits per heavy atom. The van der Waals surface area contributed by atoms with Gasteiger partial charge in [0, 0.05) is 18.5 Å². The van der Waals surface area contributed by atoms with E-state index in [0.29, 0.717) is 18.9 Å². The van der Waals surface area contributed by atoms with Crippen LogP contribution in [0.5, 0.6) is 0 Å². The van der Waals surface area contributed by atoms with Crippen LogP contribution in [0.15, 0.2) is 30.5 Å². The molecule has 8 nitrogen and oxygen atoms in total. The molecule has 30 heavy (non-hydrogen) atoms. The number of ether oxygens (including phenoxy) is 1. The number of nitrogens with one attached hydrogen (secondary N) is 1. The highest BCUT2D eigenvalue weighted by Gasteiger charge is 2.27. The van der Waals surface area contributed by atoms with Crippen LogP contribution in [0.1, 0.15) is 46.0 Å². The van der Waals surface area contributed by atoms with E-state index in [1.807, 2.05) is 36.1 Å². The van der Waals surface area contributed by atoms with Gasteiger partial charge in [-0.15, -0.1) is 0 Å². The van der Waals surface area contributed by atoms with Crippen molar-refractivity contribution < 1.29 is 19.1 Å². The third-order valence-corrected chi connectivity index (χ3v) is 5.35. The maximum Gasteiger partial charge on any atom is 0.343 e. The molecule has 1 aromatic heterocycles. The van der Waals surface area contributed by atoms with Crippen molar-refractivity contribution in [3.8, 4) is 0 Å². The smallest absolute Gasteiger partial charge is 0.343 e. The Morgan fingerprint density at radius 1 is 1.17 bits per heavy atom. The number of nitrogens with zero attached hydrogens (tertiary/aromatic N) is 3. The number of Topliss-reactive ketones (excluding diaryl/α,β-unsaturated/α-hetero) is 1. The lowest BCUT2D eigenvalue weighted by Crippen LogP contribution is -2.41. The number of amides is 1. The molecule has 0 saturated carbocycles. The molecule has 0 bridgehead atoms. The number of carbonyl (C=O) groups is 3. The molecule has 160 valence electrons. The third-order valence-electron chi connectivity index (χ3n) is 5.35. The van der Waals surface area contributed by atoms with Gasteiger partial charge in [-0.2, -0.15) is 5.10 Å². The van der Waals surface area contributed by atoms with Crippen LogP contribution in [0.3, 0.4) is 0 Å². The van der Waals surface area contributed by atoms with Crippen molar-refractivity contribution in [1.82, 2.24) is 14.7 Å². The van der Waals surface area contributed by atoms with Crippen molar-refractivity contribution >= 4 is 23.5 Å². The Kier molecular flexibility index (Phi) is 6.99. The maximum absolute atomic E-state index is 12.7. The summed E-state index contributed by atoms with van der Waals surface area (Å²) < 4.78 is 6.45. The molecule has 2 heterocycles. The Labute approximate surface area is 176 Å². The van der Waals surface area contributed by atoms with Gasteiger partial charge in [-0.05, 0) is 39.8 Å². The fourth-order valence-corrected chi connectivity index (χ4v) is 3.63. The molecule has 8 heteroatoms. The first-order valence-electron chi connectivity index (χ1n) is 10.2. The lowest BCUT2D eigenvalue weighted by atomic mass is 9.88. The number of likely N-dealkylation sites (tertiary alicyclic amines) is 1. The normalized spacial score (nSPS) is 15.0. The minimum atomic E-state index is -0.517. The van der Waals surface area contributed by atoms with Crippen LogP contribution in [0.25, 0.3) is 0 Å². The van der Waals surface area contributed by atoms with E-state index in [1.165, 1.54) is 10.9 Å². The van der Waals surface area contributed by atoms with E-state index >= 15 is 0 Å². The lowest BCUT2D eigenvalue weighted by molar-refractivity contribution is -0.117. The van der Waals surface area contributed by atoms with Crippen LogP contribution in [0.4, 0.5) is 5.82 Å². The van der Waals surface area contributed by atoms with E-state index in [2.05, 4.69) is 10.4 Å². The molecule has 1 amide bonds. The Bertz CT molecular complexity index is 912. The molecular formula is C22H28N4O4. The van der Waals surface area contributed by atoms with Gasteiger partial charge in [0.2, 0.25) is 5.91 Å². The standard InChI is InChI=1S/C22H28N4O4/c1-4-30-22(29)18-13-23-25(3)21(18)24-19(27)14-26-11-9-17(10-12-26)20(28)16-7-5-15(2)6-8-16/h5-8,13,17H,4,9-12,14H2,1-3H3,(H,24,27). The van der Waals surface area contributed by atoms with E-state index in [0.717, 1.165) is 24.0 Å². The van der Waals surface area contributed by atoms with Gasteiger partial charge in [0.1, 0.15) is 11.4 Å². The average molecular weight is 412 g/mol. The molecule has 1 saturated heterocycles. The summed E-state index contributed by atoms with van der Waals surface area (Å²) in [5.41, 5.74) is 2.11. The van der Waals surface area contributed by atoms with Crippen molar-refractivity contribution in [3.63, 3.8) is 0 Å². The van der Waals surface area contributed by atoms with Crippen LogP contribution in [-0.2, 0) is 16.6 Å². The van der Waals surface area contributed by atoms with E-state index in [-0.39, 0.29) is 36.3 Å². The quantitative estimate of drug-likeness (QED) is 0.555. The number of rotatable bonds is 7. The second-order valence-electron chi connectivity index (χ2n) is 7.58. The minimum absolute atomic E-state index is 0.0143. The SMILES string of the molecule is CCOC(=O)c1cnn(C)c1NC(=O)CN1CCC(C(=O)c2ccc(C)cc2)CC1. The van der Waals surface area contributed by atoms with Crippen molar-refractivity contribution in [3.05, 3.63) is 47.2 Å². The van der Waals surface area contributed by atoms with Crippen LogP contribution >= 0.6 is 0 Å². The molecular weight excluding hydrogens is 384 g/mol. The summed E-state index contributed by atoms with van der Waals surface area (Å²) in [5.74, 6) is -0.265.